The van der Waals surface area contributed by atoms with Gasteiger partial charge in [0.25, 0.3) is 6.43 Å². The highest BCUT2D eigenvalue weighted by molar-refractivity contribution is 5.64. The molecule has 0 spiro atoms. The average Bonchev–Trinajstić information content (AvgIpc) is 2.42. The first-order valence-electron chi connectivity index (χ1n) is 4.42. The van der Waals surface area contributed by atoms with E-state index in [2.05, 4.69) is 6.58 Å². The molecule has 0 N–H and O–H groups in total. The molecule has 2 rings (SSSR count). The number of likely N-dealkylation sites (N-methyl/N-ethyl adjacent to an activating group) is 1. The Morgan fingerprint density at radius 3 is 2.79 bits per heavy atom. The van der Waals surface area contributed by atoms with E-state index in [1.165, 1.54) is 6.07 Å². The molecular formula is C11H11F2N. The first-order valence-corrected chi connectivity index (χ1v) is 4.42. The third-order valence-corrected chi connectivity index (χ3v) is 2.59. The van der Waals surface area contributed by atoms with Crippen molar-refractivity contribution < 1.29 is 8.78 Å². The summed E-state index contributed by atoms with van der Waals surface area (Å²) in [5, 5.41) is 0. The number of halogens is 2. The molecule has 0 saturated heterocycles. The number of nitrogens with zero attached hydrogens (tertiary/aromatic N) is 1. The van der Waals surface area contributed by atoms with Crippen LogP contribution in [0.15, 0.2) is 30.5 Å². The molecule has 74 valence electrons. The molecule has 0 amide bonds. The third kappa shape index (κ3) is 1.29. The fourth-order valence-electron chi connectivity index (χ4n) is 1.72. The smallest absolute Gasteiger partial charge is 0.263 e. The quantitative estimate of drug-likeness (QED) is 0.665. The molecule has 1 nitrogen and oxygen atoms in total. The van der Waals surface area contributed by atoms with Crippen LogP contribution in [0.25, 0.3) is 0 Å². The molecule has 0 atom stereocenters. The van der Waals surface area contributed by atoms with Gasteiger partial charge in [0, 0.05) is 30.4 Å². The normalized spacial score (nSPS) is 15.1. The maximum atomic E-state index is 12.4. The predicted molar refractivity (Wildman–Crippen MR) is 52.6 cm³/mol. The Balaban J connectivity index is 2.44. The predicted octanol–water partition coefficient (Wildman–Crippen LogP) is 3.13. The van der Waals surface area contributed by atoms with Gasteiger partial charge < -0.3 is 4.90 Å². The van der Waals surface area contributed by atoms with Crippen LogP contribution >= 0.6 is 0 Å². The Kier molecular flexibility index (Phi) is 2.02. The van der Waals surface area contributed by atoms with Crippen LogP contribution in [0.4, 0.5) is 14.5 Å². The summed E-state index contributed by atoms with van der Waals surface area (Å²) < 4.78 is 24.8. The summed E-state index contributed by atoms with van der Waals surface area (Å²) in [7, 11) is 1.90. The van der Waals surface area contributed by atoms with Crippen molar-refractivity contribution in [1.29, 1.82) is 0 Å². The zero-order valence-electron chi connectivity index (χ0n) is 7.93. The van der Waals surface area contributed by atoms with E-state index in [9.17, 15) is 8.78 Å². The number of allylic oxidation sites excluding steroid dienone is 1. The lowest BCUT2D eigenvalue weighted by Gasteiger charge is -2.13. The Hall–Kier alpha value is -1.38. The van der Waals surface area contributed by atoms with Crippen LogP contribution in [0.1, 0.15) is 17.6 Å². The summed E-state index contributed by atoms with van der Waals surface area (Å²) in [6.45, 7) is 3.86. The van der Waals surface area contributed by atoms with Crippen LogP contribution in [0, 0.1) is 0 Å². The second kappa shape index (κ2) is 3.08. The minimum Gasteiger partial charge on any atom is -0.348 e. The SMILES string of the molecule is C=C1Cc2cc(C(F)F)ccc2N1C. The Bertz CT molecular complexity index is 385. The minimum atomic E-state index is -2.39. The van der Waals surface area contributed by atoms with Gasteiger partial charge in [0.2, 0.25) is 0 Å². The molecule has 14 heavy (non-hydrogen) atoms. The van der Waals surface area contributed by atoms with Crippen molar-refractivity contribution in [2.45, 2.75) is 12.8 Å². The molecule has 0 fully saturated rings. The van der Waals surface area contributed by atoms with Crippen LogP contribution in [-0.2, 0) is 6.42 Å². The number of rotatable bonds is 1. The lowest BCUT2D eigenvalue weighted by Crippen LogP contribution is -2.09. The number of anilines is 1. The third-order valence-electron chi connectivity index (χ3n) is 2.59. The van der Waals surface area contributed by atoms with Gasteiger partial charge in [0.1, 0.15) is 0 Å². The van der Waals surface area contributed by atoms with Gasteiger partial charge in [-0.05, 0) is 17.7 Å². The van der Waals surface area contributed by atoms with Crippen LogP contribution in [-0.4, -0.2) is 7.05 Å². The number of hydrogen-bond donors (Lipinski definition) is 0. The van der Waals surface area contributed by atoms with Gasteiger partial charge in [-0.25, -0.2) is 8.78 Å². The Labute approximate surface area is 81.7 Å². The maximum absolute atomic E-state index is 12.4. The van der Waals surface area contributed by atoms with Gasteiger partial charge in [-0.15, -0.1) is 0 Å². The van der Waals surface area contributed by atoms with Gasteiger partial charge in [0.05, 0.1) is 0 Å². The molecule has 1 heterocycles. The van der Waals surface area contributed by atoms with Gasteiger partial charge in [-0.2, -0.15) is 0 Å². The number of fused-ring (bicyclic) bond motifs is 1. The first-order chi connectivity index (χ1) is 6.59. The highest BCUT2D eigenvalue weighted by Crippen LogP contribution is 2.34. The van der Waals surface area contributed by atoms with E-state index in [-0.39, 0.29) is 5.56 Å². The molecule has 1 aromatic carbocycles. The van der Waals surface area contributed by atoms with Gasteiger partial charge in [0.15, 0.2) is 0 Å². The van der Waals surface area contributed by atoms with E-state index in [0.29, 0.717) is 6.42 Å². The lowest BCUT2D eigenvalue weighted by atomic mass is 10.1. The summed E-state index contributed by atoms with van der Waals surface area (Å²) in [4.78, 5) is 1.94. The van der Waals surface area contributed by atoms with Crippen LogP contribution < -0.4 is 4.90 Å². The minimum absolute atomic E-state index is 0.0897. The van der Waals surface area contributed by atoms with Crippen molar-refractivity contribution in [3.05, 3.63) is 41.6 Å². The molecule has 1 aromatic rings. The topological polar surface area (TPSA) is 3.24 Å². The Morgan fingerprint density at radius 1 is 1.43 bits per heavy atom. The number of alkyl halides is 2. The molecule has 1 aliphatic heterocycles. The molecule has 0 unspecified atom stereocenters. The van der Waals surface area contributed by atoms with Gasteiger partial charge >= 0.3 is 0 Å². The molecule has 1 aliphatic rings. The average molecular weight is 195 g/mol. The zero-order chi connectivity index (χ0) is 10.3. The summed E-state index contributed by atoms with van der Waals surface area (Å²) in [6, 6.07) is 4.77. The molecule has 0 aliphatic carbocycles. The lowest BCUT2D eigenvalue weighted by molar-refractivity contribution is 0.151. The van der Waals surface area contributed by atoms with E-state index in [1.807, 2.05) is 11.9 Å². The van der Waals surface area contributed by atoms with Gasteiger partial charge in [-0.3, -0.25) is 0 Å². The van der Waals surface area contributed by atoms with Crippen LogP contribution in [0.2, 0.25) is 0 Å². The van der Waals surface area contributed by atoms with E-state index >= 15 is 0 Å². The van der Waals surface area contributed by atoms with Crippen molar-refractivity contribution in [1.82, 2.24) is 0 Å². The van der Waals surface area contributed by atoms with Crippen molar-refractivity contribution in [2.75, 3.05) is 11.9 Å². The second-order valence-electron chi connectivity index (χ2n) is 3.49. The first kappa shape index (κ1) is 9.19. The molecular weight excluding hydrogens is 184 g/mol. The zero-order valence-corrected chi connectivity index (χ0v) is 7.93. The molecule has 0 saturated carbocycles. The summed E-state index contributed by atoms with van der Waals surface area (Å²) >= 11 is 0. The van der Waals surface area contributed by atoms with Gasteiger partial charge in [-0.1, -0.05) is 12.6 Å². The monoisotopic (exact) mass is 195 g/mol. The van der Waals surface area contributed by atoms with Crippen LogP contribution in [0.3, 0.4) is 0 Å². The van der Waals surface area contributed by atoms with Crippen molar-refractivity contribution in [2.24, 2.45) is 0 Å². The highest BCUT2D eigenvalue weighted by Gasteiger charge is 2.20. The fraction of sp³-hybridized carbons (Fsp3) is 0.273. The summed E-state index contributed by atoms with van der Waals surface area (Å²) in [5.74, 6) is 0. The number of benzene rings is 1. The maximum Gasteiger partial charge on any atom is 0.263 e. The molecule has 0 aromatic heterocycles. The molecule has 0 radical (unpaired) electrons. The molecule has 3 heteroatoms. The van der Waals surface area contributed by atoms with Crippen LogP contribution in [0.5, 0.6) is 0 Å². The van der Waals surface area contributed by atoms with Crippen molar-refractivity contribution in [3.8, 4) is 0 Å². The number of hydrogen-bond acceptors (Lipinski definition) is 1. The Morgan fingerprint density at radius 2 is 2.14 bits per heavy atom. The second-order valence-corrected chi connectivity index (χ2v) is 3.49. The fourth-order valence-corrected chi connectivity index (χ4v) is 1.72. The molecule has 0 bridgehead atoms. The summed E-state index contributed by atoms with van der Waals surface area (Å²) in [5.41, 5.74) is 2.97. The van der Waals surface area contributed by atoms with Crippen molar-refractivity contribution >= 4 is 5.69 Å². The van der Waals surface area contributed by atoms with E-state index < -0.39 is 6.43 Å². The highest BCUT2D eigenvalue weighted by atomic mass is 19.3. The van der Waals surface area contributed by atoms with E-state index in [0.717, 1.165) is 16.9 Å². The standard InChI is InChI=1S/C11H11F2N/c1-7-5-9-6-8(11(12)13)3-4-10(9)14(7)2/h3-4,6,11H,1,5H2,2H3. The summed E-state index contributed by atoms with van der Waals surface area (Å²) in [6.07, 6.45) is -1.72. The van der Waals surface area contributed by atoms with Crippen molar-refractivity contribution in [3.63, 3.8) is 0 Å². The van der Waals surface area contributed by atoms with E-state index in [4.69, 9.17) is 0 Å². The largest absolute Gasteiger partial charge is 0.348 e. The van der Waals surface area contributed by atoms with E-state index in [1.54, 1.807) is 12.1 Å².